The summed E-state index contributed by atoms with van der Waals surface area (Å²) in [5.41, 5.74) is 0. The number of rotatable bonds is 3. The number of piperidine rings is 1. The van der Waals surface area contributed by atoms with Crippen molar-refractivity contribution in [2.45, 2.75) is 18.9 Å². The highest BCUT2D eigenvalue weighted by atomic mass is 32.2. The number of urea groups is 1. The minimum absolute atomic E-state index is 0.0134. The molecule has 0 bridgehead atoms. The molecule has 0 spiro atoms. The summed E-state index contributed by atoms with van der Waals surface area (Å²) in [4.78, 5) is 40.7. The maximum Gasteiger partial charge on any atom is 0.317 e. The van der Waals surface area contributed by atoms with E-state index in [1.807, 2.05) is 9.80 Å². The van der Waals surface area contributed by atoms with Crippen molar-refractivity contribution in [3.05, 3.63) is 0 Å². The number of likely N-dealkylation sites (tertiary alicyclic amines) is 1. The van der Waals surface area contributed by atoms with Gasteiger partial charge in [-0.15, -0.1) is 11.8 Å². The van der Waals surface area contributed by atoms with E-state index in [0.29, 0.717) is 31.3 Å². The first-order chi connectivity index (χ1) is 10.1. The largest absolute Gasteiger partial charge is 0.341 e. The number of nitrogens with one attached hydrogen (secondary N) is 1. The monoisotopic (exact) mass is 312 g/mol. The molecule has 0 atom stereocenters. The van der Waals surface area contributed by atoms with Gasteiger partial charge in [-0.2, -0.15) is 0 Å². The van der Waals surface area contributed by atoms with Crippen LogP contribution in [0.4, 0.5) is 4.79 Å². The van der Waals surface area contributed by atoms with Crippen LogP contribution in [0.1, 0.15) is 12.8 Å². The Labute approximate surface area is 128 Å². The zero-order chi connectivity index (χ0) is 14.8. The third-order valence-corrected chi connectivity index (χ3v) is 5.24. The van der Waals surface area contributed by atoms with Gasteiger partial charge in [-0.3, -0.25) is 9.59 Å². The lowest BCUT2D eigenvalue weighted by atomic mass is 10.0. The summed E-state index contributed by atoms with van der Waals surface area (Å²) in [5.74, 6) is 1.18. The molecule has 0 aromatic rings. The Bertz CT molecular complexity index is 451. The molecule has 3 aliphatic heterocycles. The van der Waals surface area contributed by atoms with E-state index in [1.165, 1.54) is 0 Å². The molecule has 0 aromatic carbocycles. The first-order valence-electron chi connectivity index (χ1n) is 7.33. The van der Waals surface area contributed by atoms with Gasteiger partial charge in [0.1, 0.15) is 6.54 Å². The van der Waals surface area contributed by atoms with Crippen LogP contribution in [0.2, 0.25) is 0 Å². The van der Waals surface area contributed by atoms with Gasteiger partial charge in [0.25, 0.3) is 0 Å². The Morgan fingerprint density at radius 3 is 2.57 bits per heavy atom. The van der Waals surface area contributed by atoms with E-state index in [-0.39, 0.29) is 30.4 Å². The van der Waals surface area contributed by atoms with Gasteiger partial charge in [-0.25, -0.2) is 4.79 Å². The molecule has 0 aliphatic carbocycles. The van der Waals surface area contributed by atoms with Gasteiger partial charge in [0.15, 0.2) is 0 Å². The van der Waals surface area contributed by atoms with E-state index in [2.05, 4.69) is 5.32 Å². The summed E-state index contributed by atoms with van der Waals surface area (Å²) >= 11 is 1.55. The Hall–Kier alpha value is -1.44. The number of nitrogens with zero attached hydrogens (tertiary/aromatic N) is 3. The molecule has 3 rings (SSSR count). The van der Waals surface area contributed by atoms with Crippen molar-refractivity contribution in [1.29, 1.82) is 0 Å². The molecular weight excluding hydrogens is 292 g/mol. The third kappa shape index (κ3) is 3.09. The van der Waals surface area contributed by atoms with Gasteiger partial charge in [-0.05, 0) is 12.8 Å². The van der Waals surface area contributed by atoms with Crippen LogP contribution in [0.5, 0.6) is 0 Å². The molecule has 1 N–H and O–H groups in total. The van der Waals surface area contributed by atoms with Gasteiger partial charge in [-0.1, -0.05) is 0 Å². The molecule has 4 amide bonds. The first kappa shape index (κ1) is 14.5. The van der Waals surface area contributed by atoms with Crippen LogP contribution in [-0.2, 0) is 9.59 Å². The van der Waals surface area contributed by atoms with Crippen molar-refractivity contribution >= 4 is 29.6 Å². The lowest BCUT2D eigenvalue weighted by Gasteiger charge is -2.36. The average Bonchev–Trinajstić information content (AvgIpc) is 3.08. The Morgan fingerprint density at radius 1 is 1.24 bits per heavy atom. The van der Waals surface area contributed by atoms with Crippen LogP contribution in [0.25, 0.3) is 0 Å². The van der Waals surface area contributed by atoms with Crippen molar-refractivity contribution in [3.8, 4) is 0 Å². The molecule has 0 saturated carbocycles. The smallest absolute Gasteiger partial charge is 0.317 e. The second-order valence-electron chi connectivity index (χ2n) is 5.61. The van der Waals surface area contributed by atoms with Gasteiger partial charge in [0.05, 0.1) is 11.6 Å². The number of carbonyl (C=O) groups excluding carboxylic acids is 3. The molecule has 3 heterocycles. The SMILES string of the molecule is O=C(CN1CSCC1=O)N1CCC(N2CCNC2=O)CC1. The molecule has 3 saturated heterocycles. The predicted molar refractivity (Wildman–Crippen MR) is 78.7 cm³/mol. The van der Waals surface area contributed by atoms with Gasteiger partial charge in [0, 0.05) is 32.2 Å². The van der Waals surface area contributed by atoms with E-state index in [9.17, 15) is 14.4 Å². The summed E-state index contributed by atoms with van der Waals surface area (Å²) in [6.45, 7) is 3.01. The van der Waals surface area contributed by atoms with Crippen molar-refractivity contribution in [2.24, 2.45) is 0 Å². The molecule has 21 heavy (non-hydrogen) atoms. The molecule has 8 heteroatoms. The van der Waals surface area contributed by atoms with E-state index < -0.39 is 0 Å². The fraction of sp³-hybridized carbons (Fsp3) is 0.769. The minimum atomic E-state index is 0.0134. The predicted octanol–water partition coefficient (Wildman–Crippen LogP) is -0.464. The maximum atomic E-state index is 12.2. The normalized spacial score (nSPS) is 23.9. The van der Waals surface area contributed by atoms with E-state index >= 15 is 0 Å². The van der Waals surface area contributed by atoms with Gasteiger partial charge < -0.3 is 20.0 Å². The molecule has 0 unspecified atom stereocenters. The fourth-order valence-corrected chi connectivity index (χ4v) is 3.97. The standard InChI is InChI=1S/C13H20N4O3S/c18-11(7-16-9-21-8-12(16)19)15-4-1-10(2-5-15)17-6-3-14-13(17)20/h10H,1-9H2,(H,14,20). The molecule has 3 fully saturated rings. The average molecular weight is 312 g/mol. The molecule has 116 valence electrons. The Kier molecular flexibility index (Phi) is 4.23. The molecule has 3 aliphatic rings. The molecule has 0 radical (unpaired) electrons. The third-order valence-electron chi connectivity index (χ3n) is 4.30. The summed E-state index contributed by atoms with van der Waals surface area (Å²) < 4.78 is 0. The second kappa shape index (κ2) is 6.13. The van der Waals surface area contributed by atoms with Crippen molar-refractivity contribution in [1.82, 2.24) is 20.0 Å². The van der Waals surface area contributed by atoms with Crippen molar-refractivity contribution in [2.75, 3.05) is 44.4 Å². The zero-order valence-corrected chi connectivity index (χ0v) is 12.7. The first-order valence-corrected chi connectivity index (χ1v) is 8.48. The number of carbonyl (C=O) groups is 3. The Balaban J connectivity index is 1.47. The second-order valence-corrected chi connectivity index (χ2v) is 6.56. The van der Waals surface area contributed by atoms with E-state index in [0.717, 1.165) is 19.4 Å². The fourth-order valence-electron chi connectivity index (χ4n) is 3.07. The van der Waals surface area contributed by atoms with Crippen LogP contribution >= 0.6 is 11.8 Å². The highest BCUT2D eigenvalue weighted by Crippen LogP contribution is 2.19. The van der Waals surface area contributed by atoms with Crippen molar-refractivity contribution in [3.63, 3.8) is 0 Å². The number of thioether (sulfide) groups is 1. The van der Waals surface area contributed by atoms with Gasteiger partial charge >= 0.3 is 6.03 Å². The highest BCUT2D eigenvalue weighted by molar-refractivity contribution is 8.00. The van der Waals surface area contributed by atoms with Gasteiger partial charge in [0.2, 0.25) is 11.8 Å². The molecular formula is C13H20N4O3S. The number of hydrogen-bond acceptors (Lipinski definition) is 4. The van der Waals surface area contributed by atoms with Crippen LogP contribution in [0.3, 0.4) is 0 Å². The van der Waals surface area contributed by atoms with Crippen LogP contribution in [0.15, 0.2) is 0 Å². The van der Waals surface area contributed by atoms with E-state index in [1.54, 1.807) is 16.7 Å². The minimum Gasteiger partial charge on any atom is -0.341 e. The van der Waals surface area contributed by atoms with Crippen LogP contribution < -0.4 is 5.32 Å². The topological polar surface area (TPSA) is 73.0 Å². The zero-order valence-electron chi connectivity index (χ0n) is 11.9. The summed E-state index contributed by atoms with van der Waals surface area (Å²) in [5, 5.41) is 2.81. The number of amides is 4. The lowest BCUT2D eigenvalue weighted by Crippen LogP contribution is -2.49. The molecule has 7 nitrogen and oxygen atoms in total. The van der Waals surface area contributed by atoms with E-state index in [4.69, 9.17) is 0 Å². The molecule has 0 aromatic heterocycles. The quantitative estimate of drug-likeness (QED) is 0.765. The highest BCUT2D eigenvalue weighted by Gasteiger charge is 2.33. The van der Waals surface area contributed by atoms with Crippen molar-refractivity contribution < 1.29 is 14.4 Å². The Morgan fingerprint density at radius 2 is 2.00 bits per heavy atom. The van der Waals surface area contributed by atoms with Crippen LogP contribution in [0, 0.1) is 0 Å². The number of hydrogen-bond donors (Lipinski definition) is 1. The summed E-state index contributed by atoms with van der Waals surface area (Å²) in [7, 11) is 0. The lowest BCUT2D eigenvalue weighted by molar-refractivity contribution is -0.138. The maximum absolute atomic E-state index is 12.2. The van der Waals surface area contributed by atoms with Crippen LogP contribution in [-0.4, -0.2) is 82.9 Å². The summed E-state index contributed by atoms with van der Waals surface area (Å²) in [6.07, 6.45) is 1.64. The summed E-state index contributed by atoms with van der Waals surface area (Å²) in [6, 6.07) is 0.250.